The largest absolute Gasteiger partial charge is 0.465 e. The number of hydrogen-bond donors (Lipinski definition) is 0. The summed E-state index contributed by atoms with van der Waals surface area (Å²) in [4.78, 5) is 12.3. The van der Waals surface area contributed by atoms with Crippen molar-refractivity contribution in [2.45, 2.75) is 38.6 Å². The molecule has 0 spiro atoms. The Balaban J connectivity index is 1.83. The molecular weight excluding hydrogens is 336 g/mol. The van der Waals surface area contributed by atoms with Gasteiger partial charge in [-0.2, -0.15) is 5.10 Å². The molecule has 1 saturated carbocycles. The number of carbonyl (C=O) groups is 1. The van der Waals surface area contributed by atoms with E-state index in [1.54, 1.807) is 19.2 Å². The van der Waals surface area contributed by atoms with Gasteiger partial charge in [0.05, 0.1) is 30.4 Å². The van der Waals surface area contributed by atoms with Crippen LogP contribution in [0.1, 0.15) is 65.7 Å². The van der Waals surface area contributed by atoms with Crippen LogP contribution in [0, 0.1) is 11.8 Å². The van der Waals surface area contributed by atoms with E-state index in [0.29, 0.717) is 5.56 Å². The number of methoxy groups -OCH3 is 1. The second kappa shape index (κ2) is 6.92. The summed E-state index contributed by atoms with van der Waals surface area (Å²) < 4.78 is 6.88. The van der Waals surface area contributed by atoms with Crippen LogP contribution in [0.15, 0.2) is 42.6 Å². The highest BCUT2D eigenvalue weighted by Gasteiger charge is 2.24. The lowest BCUT2D eigenvalue weighted by Gasteiger charge is -2.16. The molecule has 2 aromatic carbocycles. The Morgan fingerprint density at radius 2 is 1.96 bits per heavy atom. The predicted molar refractivity (Wildman–Crippen MR) is 106 cm³/mol. The van der Waals surface area contributed by atoms with Crippen LogP contribution < -0.4 is 0 Å². The third-order valence-corrected chi connectivity index (χ3v) is 5.26. The molecule has 4 heteroatoms. The highest BCUT2D eigenvalue weighted by Crippen LogP contribution is 2.40. The molecule has 0 saturated heterocycles. The lowest BCUT2D eigenvalue weighted by atomic mass is 10.0. The summed E-state index contributed by atoms with van der Waals surface area (Å²) in [5.41, 5.74) is 4.70. The molecule has 3 aromatic rings. The molecule has 1 aliphatic carbocycles. The molecule has 136 valence electrons. The van der Waals surface area contributed by atoms with E-state index in [9.17, 15) is 4.79 Å². The molecule has 1 atom stereocenters. The Hall–Kier alpha value is -3.06. The van der Waals surface area contributed by atoms with Gasteiger partial charge in [-0.25, -0.2) is 4.79 Å². The summed E-state index contributed by atoms with van der Waals surface area (Å²) >= 11 is 0. The first-order valence-electron chi connectivity index (χ1n) is 9.25. The zero-order valence-corrected chi connectivity index (χ0v) is 15.8. The molecule has 1 aromatic heterocycles. The van der Waals surface area contributed by atoms with Gasteiger partial charge in [0, 0.05) is 10.9 Å². The Kier molecular flexibility index (Phi) is 4.45. The third kappa shape index (κ3) is 3.10. The van der Waals surface area contributed by atoms with E-state index in [-0.39, 0.29) is 12.0 Å². The van der Waals surface area contributed by atoms with E-state index in [1.165, 1.54) is 25.5 Å². The van der Waals surface area contributed by atoms with E-state index >= 15 is 0 Å². The summed E-state index contributed by atoms with van der Waals surface area (Å²) in [5, 5.41) is 5.47. The smallest absolute Gasteiger partial charge is 0.340 e. The number of fused-ring (bicyclic) bond motifs is 1. The van der Waals surface area contributed by atoms with Gasteiger partial charge in [0.15, 0.2) is 0 Å². The maximum atomic E-state index is 12.3. The lowest BCUT2D eigenvalue weighted by molar-refractivity contribution is 0.0602. The Morgan fingerprint density at radius 3 is 2.59 bits per heavy atom. The molecule has 0 amide bonds. The predicted octanol–water partition coefficient (Wildman–Crippen LogP) is 4.68. The van der Waals surface area contributed by atoms with Crippen molar-refractivity contribution < 1.29 is 9.53 Å². The van der Waals surface area contributed by atoms with Crippen LogP contribution in [0.4, 0.5) is 0 Å². The average molecular weight is 358 g/mol. The van der Waals surface area contributed by atoms with E-state index in [0.717, 1.165) is 27.9 Å². The molecule has 1 heterocycles. The molecule has 4 rings (SSSR count). The zero-order chi connectivity index (χ0) is 19.0. The number of nitrogens with zero attached hydrogens (tertiary/aromatic N) is 2. The van der Waals surface area contributed by atoms with Gasteiger partial charge in [-0.1, -0.05) is 30.2 Å². The fraction of sp³-hybridized carbons (Fsp3) is 0.304. The lowest BCUT2D eigenvalue weighted by Crippen LogP contribution is -2.12. The zero-order valence-electron chi connectivity index (χ0n) is 15.8. The van der Waals surface area contributed by atoms with Crippen molar-refractivity contribution in [1.82, 2.24) is 9.78 Å². The van der Waals surface area contributed by atoms with Crippen molar-refractivity contribution >= 4 is 16.9 Å². The van der Waals surface area contributed by atoms with Crippen molar-refractivity contribution in [1.29, 1.82) is 0 Å². The van der Waals surface area contributed by atoms with Crippen molar-refractivity contribution in [3.8, 4) is 11.8 Å². The topological polar surface area (TPSA) is 44.1 Å². The summed E-state index contributed by atoms with van der Waals surface area (Å²) in [6.45, 7) is 3.90. The van der Waals surface area contributed by atoms with E-state index in [1.807, 2.05) is 10.7 Å². The van der Waals surface area contributed by atoms with Crippen LogP contribution in [0.2, 0.25) is 0 Å². The second-order valence-corrected chi connectivity index (χ2v) is 7.00. The number of rotatable bonds is 4. The van der Waals surface area contributed by atoms with Crippen molar-refractivity contribution in [2.75, 3.05) is 7.11 Å². The van der Waals surface area contributed by atoms with Gasteiger partial charge in [0.1, 0.15) is 0 Å². The molecule has 0 radical (unpaired) electrons. The second-order valence-electron chi connectivity index (χ2n) is 7.00. The molecule has 0 N–H and O–H groups in total. The fourth-order valence-electron chi connectivity index (χ4n) is 3.58. The number of carbonyl (C=O) groups excluding carboxylic acids is 1. The minimum absolute atomic E-state index is 0.0102. The van der Waals surface area contributed by atoms with Gasteiger partial charge in [0.2, 0.25) is 0 Å². The van der Waals surface area contributed by atoms with Crippen LogP contribution >= 0.6 is 0 Å². The van der Waals surface area contributed by atoms with E-state index in [4.69, 9.17) is 4.74 Å². The van der Waals surface area contributed by atoms with E-state index < -0.39 is 0 Å². The molecular formula is C23H22N2O2. The standard InChI is InChI=1S/C23H22N2O2/c1-4-5-19-12-13-20(23(26)27-3)22-21(19)14-24-25(22)15(2)16-6-8-17(9-7-16)18-10-11-18/h6-9,12-15,18H,10-11H2,1-3H3/t15-/m0/s1. The van der Waals surface area contributed by atoms with Gasteiger partial charge in [-0.15, -0.1) is 5.92 Å². The van der Waals surface area contributed by atoms with Crippen LogP contribution in [0.25, 0.3) is 10.9 Å². The quantitative estimate of drug-likeness (QED) is 0.502. The molecule has 1 aliphatic rings. The molecule has 0 unspecified atom stereocenters. The van der Waals surface area contributed by atoms with Crippen LogP contribution in [0.5, 0.6) is 0 Å². The Labute approximate surface area is 159 Å². The summed E-state index contributed by atoms with van der Waals surface area (Å²) in [6, 6.07) is 12.4. The molecule has 27 heavy (non-hydrogen) atoms. The number of ether oxygens (including phenoxy) is 1. The van der Waals surface area contributed by atoms with Crippen molar-refractivity contribution in [2.24, 2.45) is 0 Å². The highest BCUT2D eigenvalue weighted by molar-refractivity contribution is 6.04. The number of hydrogen-bond acceptors (Lipinski definition) is 3. The van der Waals surface area contributed by atoms with Crippen LogP contribution in [-0.2, 0) is 4.74 Å². The Bertz CT molecular complexity index is 1060. The summed E-state index contributed by atoms with van der Waals surface area (Å²) in [5.74, 6) is 6.40. The summed E-state index contributed by atoms with van der Waals surface area (Å²) in [6.07, 6.45) is 4.38. The van der Waals surface area contributed by atoms with Crippen molar-refractivity contribution in [3.63, 3.8) is 0 Å². The van der Waals surface area contributed by atoms with Gasteiger partial charge >= 0.3 is 5.97 Å². The SMILES string of the molecule is CC#Cc1ccc(C(=O)OC)c2c1cnn2[C@@H](C)c1ccc(C2CC2)cc1. The number of benzene rings is 2. The molecule has 4 nitrogen and oxygen atoms in total. The minimum atomic E-state index is -0.367. The third-order valence-electron chi connectivity index (χ3n) is 5.26. The number of aromatic nitrogens is 2. The maximum absolute atomic E-state index is 12.3. The number of esters is 1. The molecule has 1 fully saturated rings. The maximum Gasteiger partial charge on any atom is 0.340 e. The first-order valence-corrected chi connectivity index (χ1v) is 9.25. The molecule has 0 bridgehead atoms. The first-order chi connectivity index (χ1) is 13.1. The van der Waals surface area contributed by atoms with Gasteiger partial charge in [0.25, 0.3) is 0 Å². The van der Waals surface area contributed by atoms with Crippen molar-refractivity contribution in [3.05, 3.63) is 64.8 Å². The Morgan fingerprint density at radius 1 is 1.22 bits per heavy atom. The highest BCUT2D eigenvalue weighted by atomic mass is 16.5. The summed E-state index contributed by atoms with van der Waals surface area (Å²) in [7, 11) is 1.40. The fourth-order valence-corrected chi connectivity index (χ4v) is 3.58. The first kappa shape index (κ1) is 17.4. The van der Waals surface area contributed by atoms with Gasteiger partial charge < -0.3 is 4.74 Å². The normalized spacial score (nSPS) is 14.5. The van der Waals surface area contributed by atoms with Crippen LogP contribution in [0.3, 0.4) is 0 Å². The monoisotopic (exact) mass is 358 g/mol. The average Bonchev–Trinajstić information content (AvgIpc) is 3.46. The van der Waals surface area contributed by atoms with Gasteiger partial charge in [-0.05, 0) is 55.9 Å². The molecule has 0 aliphatic heterocycles. The van der Waals surface area contributed by atoms with Gasteiger partial charge in [-0.3, -0.25) is 4.68 Å². The minimum Gasteiger partial charge on any atom is -0.465 e. The van der Waals surface area contributed by atoms with Crippen LogP contribution in [-0.4, -0.2) is 22.9 Å². The van der Waals surface area contributed by atoms with E-state index in [2.05, 4.69) is 48.1 Å².